The first kappa shape index (κ1) is 12.0. The standard InChI is InChI=1S/C13H20/c1-5-7-9-12(3)11-13(4)10-8-6-2/h5,7-11H,6H2,1-4H3/b7-5-,10-8-,12-9+,13-11-. The van der Waals surface area contributed by atoms with Crippen LogP contribution in [0.4, 0.5) is 0 Å². The highest BCUT2D eigenvalue weighted by atomic mass is 13.9. The van der Waals surface area contributed by atoms with Crippen molar-refractivity contribution in [2.24, 2.45) is 0 Å². The van der Waals surface area contributed by atoms with E-state index in [4.69, 9.17) is 0 Å². The van der Waals surface area contributed by atoms with Crippen LogP contribution in [-0.4, -0.2) is 0 Å². The van der Waals surface area contributed by atoms with Crippen molar-refractivity contribution in [2.45, 2.75) is 34.1 Å². The highest BCUT2D eigenvalue weighted by Crippen LogP contribution is 2.03. The Kier molecular flexibility index (Phi) is 6.99. The van der Waals surface area contributed by atoms with Crippen molar-refractivity contribution in [1.82, 2.24) is 0 Å². The summed E-state index contributed by atoms with van der Waals surface area (Å²) in [7, 11) is 0. The molecule has 0 radical (unpaired) electrons. The molecule has 72 valence electrons. The van der Waals surface area contributed by atoms with E-state index in [-0.39, 0.29) is 0 Å². The van der Waals surface area contributed by atoms with Crippen molar-refractivity contribution in [3.05, 3.63) is 47.6 Å². The molecule has 0 heteroatoms. The van der Waals surface area contributed by atoms with Crippen molar-refractivity contribution in [2.75, 3.05) is 0 Å². The summed E-state index contributed by atoms with van der Waals surface area (Å²) in [4.78, 5) is 0. The topological polar surface area (TPSA) is 0 Å². The van der Waals surface area contributed by atoms with Gasteiger partial charge in [0.25, 0.3) is 0 Å². The molecule has 0 saturated carbocycles. The minimum absolute atomic E-state index is 1.10. The average molecular weight is 176 g/mol. The van der Waals surface area contributed by atoms with Gasteiger partial charge in [0, 0.05) is 0 Å². The zero-order valence-corrected chi connectivity index (χ0v) is 9.17. The predicted octanol–water partition coefficient (Wildman–Crippen LogP) is 4.42. The molecule has 0 rings (SSSR count). The molecule has 0 aliphatic carbocycles. The minimum atomic E-state index is 1.10. The molecule has 0 nitrogen and oxygen atoms in total. The van der Waals surface area contributed by atoms with Crippen LogP contribution in [0.5, 0.6) is 0 Å². The zero-order valence-electron chi connectivity index (χ0n) is 9.17. The van der Waals surface area contributed by atoms with Crippen LogP contribution < -0.4 is 0 Å². The van der Waals surface area contributed by atoms with Crippen LogP contribution in [0.3, 0.4) is 0 Å². The molecule has 0 aromatic rings. The molecule has 0 amide bonds. The maximum atomic E-state index is 2.19. The van der Waals surface area contributed by atoms with Crippen molar-refractivity contribution in [1.29, 1.82) is 0 Å². The Morgan fingerprint density at radius 1 is 1.15 bits per heavy atom. The molecule has 0 spiro atoms. The van der Waals surface area contributed by atoms with E-state index in [0.29, 0.717) is 0 Å². The van der Waals surface area contributed by atoms with Gasteiger partial charge in [-0.2, -0.15) is 0 Å². The van der Waals surface area contributed by atoms with Gasteiger partial charge in [-0.3, -0.25) is 0 Å². The number of hydrogen-bond acceptors (Lipinski definition) is 0. The van der Waals surface area contributed by atoms with Crippen LogP contribution in [0.1, 0.15) is 34.1 Å². The van der Waals surface area contributed by atoms with Gasteiger partial charge in [0.2, 0.25) is 0 Å². The first-order chi connectivity index (χ1) is 6.20. The fourth-order valence-corrected chi connectivity index (χ4v) is 1.01. The first-order valence-corrected chi connectivity index (χ1v) is 4.85. The Labute approximate surface area is 82.4 Å². The Morgan fingerprint density at radius 3 is 2.38 bits per heavy atom. The minimum Gasteiger partial charge on any atom is -0.0877 e. The van der Waals surface area contributed by atoms with Crippen molar-refractivity contribution >= 4 is 0 Å². The monoisotopic (exact) mass is 176 g/mol. The third kappa shape index (κ3) is 7.32. The van der Waals surface area contributed by atoms with Gasteiger partial charge in [0.1, 0.15) is 0 Å². The van der Waals surface area contributed by atoms with Gasteiger partial charge in [0.15, 0.2) is 0 Å². The molecular weight excluding hydrogens is 156 g/mol. The first-order valence-electron chi connectivity index (χ1n) is 4.85. The maximum Gasteiger partial charge on any atom is -0.0376 e. The molecule has 0 aromatic heterocycles. The second-order valence-electron chi connectivity index (χ2n) is 3.14. The lowest BCUT2D eigenvalue weighted by Crippen LogP contribution is -1.72. The van der Waals surface area contributed by atoms with Crippen molar-refractivity contribution in [3.63, 3.8) is 0 Å². The predicted molar refractivity (Wildman–Crippen MR) is 61.8 cm³/mol. The van der Waals surface area contributed by atoms with Crippen molar-refractivity contribution in [3.8, 4) is 0 Å². The summed E-state index contributed by atoms with van der Waals surface area (Å²) in [5.41, 5.74) is 2.59. The third-order valence-corrected chi connectivity index (χ3v) is 1.62. The molecule has 0 unspecified atom stereocenters. The quantitative estimate of drug-likeness (QED) is 0.556. The van der Waals surface area contributed by atoms with Crippen LogP contribution in [0.15, 0.2) is 47.6 Å². The summed E-state index contributed by atoms with van der Waals surface area (Å²) in [5, 5.41) is 0. The largest absolute Gasteiger partial charge is 0.0877 e. The fourth-order valence-electron chi connectivity index (χ4n) is 1.01. The Bertz CT molecular complexity index is 237. The molecular formula is C13H20. The smallest absolute Gasteiger partial charge is 0.0376 e. The van der Waals surface area contributed by atoms with Gasteiger partial charge in [-0.1, -0.05) is 54.5 Å². The van der Waals surface area contributed by atoms with Gasteiger partial charge in [-0.15, -0.1) is 0 Å². The number of hydrogen-bond donors (Lipinski definition) is 0. The van der Waals surface area contributed by atoms with Gasteiger partial charge < -0.3 is 0 Å². The Morgan fingerprint density at radius 2 is 1.85 bits per heavy atom. The number of allylic oxidation sites excluding steroid dienone is 8. The van der Waals surface area contributed by atoms with Crippen LogP contribution in [0.2, 0.25) is 0 Å². The lowest BCUT2D eigenvalue weighted by Gasteiger charge is -1.92. The van der Waals surface area contributed by atoms with Gasteiger partial charge in [-0.25, -0.2) is 0 Å². The molecule has 0 aliphatic rings. The summed E-state index contributed by atoms with van der Waals surface area (Å²) < 4.78 is 0. The molecule has 13 heavy (non-hydrogen) atoms. The lowest BCUT2D eigenvalue weighted by atomic mass is 10.1. The second-order valence-corrected chi connectivity index (χ2v) is 3.14. The molecule has 0 bridgehead atoms. The molecule has 0 saturated heterocycles. The SMILES string of the molecule is C\C=C/C=C(C)/C=C(C)\C=C/CC. The Hall–Kier alpha value is -1.04. The van der Waals surface area contributed by atoms with E-state index >= 15 is 0 Å². The highest BCUT2D eigenvalue weighted by Gasteiger charge is 1.82. The van der Waals surface area contributed by atoms with E-state index in [1.165, 1.54) is 11.1 Å². The average Bonchev–Trinajstić information content (AvgIpc) is 2.11. The molecule has 0 aliphatic heterocycles. The van der Waals surface area contributed by atoms with Gasteiger partial charge >= 0.3 is 0 Å². The van der Waals surface area contributed by atoms with E-state index in [1.807, 2.05) is 13.0 Å². The lowest BCUT2D eigenvalue weighted by molar-refractivity contribution is 1.22. The summed E-state index contributed by atoms with van der Waals surface area (Å²) >= 11 is 0. The summed E-state index contributed by atoms with van der Waals surface area (Å²) in [5.74, 6) is 0. The second kappa shape index (κ2) is 7.60. The maximum absolute atomic E-state index is 2.19. The van der Waals surface area contributed by atoms with Crippen LogP contribution in [0, 0.1) is 0 Å². The Balaban J connectivity index is 4.29. The van der Waals surface area contributed by atoms with Gasteiger partial charge in [0.05, 0.1) is 0 Å². The number of rotatable bonds is 4. The summed E-state index contributed by atoms with van der Waals surface area (Å²) in [6, 6.07) is 0. The fraction of sp³-hybridized carbons (Fsp3) is 0.385. The van der Waals surface area contributed by atoms with Crippen LogP contribution in [0.25, 0.3) is 0 Å². The highest BCUT2D eigenvalue weighted by molar-refractivity contribution is 5.29. The van der Waals surface area contributed by atoms with Crippen LogP contribution >= 0.6 is 0 Å². The molecule has 0 atom stereocenters. The van der Waals surface area contributed by atoms with E-state index in [1.54, 1.807) is 0 Å². The van der Waals surface area contributed by atoms with Crippen LogP contribution in [-0.2, 0) is 0 Å². The van der Waals surface area contributed by atoms with E-state index in [2.05, 4.69) is 51.2 Å². The molecule has 0 heterocycles. The summed E-state index contributed by atoms with van der Waals surface area (Å²) in [6.45, 7) is 8.41. The molecule has 0 N–H and O–H groups in total. The summed E-state index contributed by atoms with van der Waals surface area (Å²) in [6.07, 6.45) is 13.8. The third-order valence-electron chi connectivity index (χ3n) is 1.62. The van der Waals surface area contributed by atoms with Crippen molar-refractivity contribution < 1.29 is 0 Å². The normalized spacial score (nSPS) is 14.8. The van der Waals surface area contributed by atoms with E-state index in [9.17, 15) is 0 Å². The van der Waals surface area contributed by atoms with Gasteiger partial charge in [-0.05, 0) is 27.2 Å². The van der Waals surface area contributed by atoms with E-state index in [0.717, 1.165) is 6.42 Å². The molecule has 0 fully saturated rings. The van der Waals surface area contributed by atoms with E-state index < -0.39 is 0 Å². The zero-order chi connectivity index (χ0) is 10.1. The molecule has 0 aromatic carbocycles.